The van der Waals surface area contributed by atoms with Crippen molar-refractivity contribution in [3.05, 3.63) is 18.2 Å². The van der Waals surface area contributed by atoms with E-state index in [1.807, 2.05) is 24.3 Å². The summed E-state index contributed by atoms with van der Waals surface area (Å²) in [5.41, 5.74) is 0. The Morgan fingerprint density at radius 2 is 2.29 bits per heavy atom. The molecule has 1 amide bonds. The Hall–Kier alpha value is -1.40. The molecule has 6 heteroatoms. The lowest BCUT2D eigenvalue weighted by molar-refractivity contribution is -0.135. The van der Waals surface area contributed by atoms with E-state index in [1.54, 1.807) is 0 Å². The van der Waals surface area contributed by atoms with E-state index in [0.717, 1.165) is 58.1 Å². The van der Waals surface area contributed by atoms with Gasteiger partial charge in [0.15, 0.2) is 0 Å². The predicted octanol–water partition coefficient (Wildman–Crippen LogP) is 1.83. The molecule has 3 rings (SSSR count). The van der Waals surface area contributed by atoms with E-state index < -0.39 is 0 Å². The Morgan fingerprint density at radius 1 is 1.42 bits per heavy atom. The molecule has 1 aromatic heterocycles. The molecule has 0 unspecified atom stereocenters. The molecule has 0 aliphatic carbocycles. The minimum absolute atomic E-state index is 0.200. The molecule has 1 aromatic rings. The standard InChI is InChI=1S/C18H30N4O2/c1-3-21-10-11-22(13-16(21)18-19-8-9-20(18)2)17(23)7-6-15-5-4-12-24-14-15/h8-9,15-16H,3-7,10-14H2,1-2H3/t15-,16+/m1/s1. The molecule has 0 bridgehead atoms. The van der Waals surface area contributed by atoms with Gasteiger partial charge in [0.25, 0.3) is 0 Å². The van der Waals surface area contributed by atoms with Gasteiger partial charge in [-0.3, -0.25) is 9.69 Å². The summed E-state index contributed by atoms with van der Waals surface area (Å²) in [4.78, 5) is 21.6. The number of hydrogen-bond donors (Lipinski definition) is 0. The summed E-state index contributed by atoms with van der Waals surface area (Å²) in [6.07, 6.45) is 7.76. The molecule has 0 spiro atoms. The molecule has 0 N–H and O–H groups in total. The molecular weight excluding hydrogens is 304 g/mol. The van der Waals surface area contributed by atoms with Gasteiger partial charge < -0.3 is 14.2 Å². The highest BCUT2D eigenvalue weighted by molar-refractivity contribution is 5.76. The zero-order valence-corrected chi connectivity index (χ0v) is 15.0. The van der Waals surface area contributed by atoms with Crippen molar-refractivity contribution in [3.63, 3.8) is 0 Å². The number of carbonyl (C=O) groups is 1. The SMILES string of the molecule is CCN1CCN(C(=O)CC[C@H]2CCCOC2)C[C@H]1c1nccn1C. The van der Waals surface area contributed by atoms with Crippen molar-refractivity contribution < 1.29 is 9.53 Å². The van der Waals surface area contributed by atoms with E-state index in [9.17, 15) is 4.79 Å². The number of rotatable bonds is 5. The van der Waals surface area contributed by atoms with E-state index in [2.05, 4.69) is 21.4 Å². The maximum atomic E-state index is 12.7. The summed E-state index contributed by atoms with van der Waals surface area (Å²) in [7, 11) is 2.03. The van der Waals surface area contributed by atoms with Crippen LogP contribution in [0.25, 0.3) is 0 Å². The fraction of sp³-hybridized carbons (Fsp3) is 0.778. The first kappa shape index (κ1) is 17.4. The average Bonchev–Trinajstić information content (AvgIpc) is 3.05. The number of aromatic nitrogens is 2. The largest absolute Gasteiger partial charge is 0.381 e. The Morgan fingerprint density at radius 3 is 2.96 bits per heavy atom. The fourth-order valence-corrected chi connectivity index (χ4v) is 3.89. The normalized spacial score (nSPS) is 25.8. The number of nitrogens with zero attached hydrogens (tertiary/aromatic N) is 4. The Bertz CT molecular complexity index is 539. The molecule has 2 fully saturated rings. The van der Waals surface area contributed by atoms with E-state index in [1.165, 1.54) is 6.42 Å². The third-order valence-corrected chi connectivity index (χ3v) is 5.43. The highest BCUT2D eigenvalue weighted by Crippen LogP contribution is 2.25. The molecule has 2 atom stereocenters. The number of hydrogen-bond acceptors (Lipinski definition) is 4. The fourth-order valence-electron chi connectivity index (χ4n) is 3.89. The van der Waals surface area contributed by atoms with Crippen LogP contribution in [0, 0.1) is 5.92 Å². The summed E-state index contributed by atoms with van der Waals surface area (Å²) in [5.74, 6) is 1.90. The predicted molar refractivity (Wildman–Crippen MR) is 92.6 cm³/mol. The quantitative estimate of drug-likeness (QED) is 0.824. The number of ether oxygens (including phenoxy) is 1. The van der Waals surface area contributed by atoms with Gasteiger partial charge in [-0.15, -0.1) is 0 Å². The second kappa shape index (κ2) is 8.12. The molecule has 0 saturated carbocycles. The number of amides is 1. The van der Waals surface area contributed by atoms with Crippen molar-refractivity contribution in [2.75, 3.05) is 39.4 Å². The number of imidazole rings is 1. The van der Waals surface area contributed by atoms with Crippen LogP contribution in [0.2, 0.25) is 0 Å². The monoisotopic (exact) mass is 334 g/mol. The van der Waals surface area contributed by atoms with Gasteiger partial charge in [-0.25, -0.2) is 4.98 Å². The number of likely N-dealkylation sites (N-methyl/N-ethyl adjacent to an activating group) is 1. The Balaban J connectivity index is 1.57. The Kier molecular flexibility index (Phi) is 5.89. The van der Waals surface area contributed by atoms with E-state index in [0.29, 0.717) is 12.3 Å². The molecule has 0 aromatic carbocycles. The van der Waals surface area contributed by atoms with Crippen molar-refractivity contribution >= 4 is 5.91 Å². The molecule has 0 radical (unpaired) electrons. The first-order valence-electron chi connectivity index (χ1n) is 9.25. The van der Waals surface area contributed by atoms with Gasteiger partial charge in [-0.05, 0) is 31.7 Å². The molecular formula is C18H30N4O2. The number of aryl methyl sites for hydroxylation is 1. The molecule has 6 nitrogen and oxygen atoms in total. The average molecular weight is 334 g/mol. The van der Waals surface area contributed by atoms with Crippen molar-refractivity contribution in [1.29, 1.82) is 0 Å². The van der Waals surface area contributed by atoms with E-state index in [-0.39, 0.29) is 11.9 Å². The molecule has 3 heterocycles. The second-order valence-corrected chi connectivity index (χ2v) is 7.00. The topological polar surface area (TPSA) is 50.6 Å². The zero-order chi connectivity index (χ0) is 16.9. The van der Waals surface area contributed by atoms with E-state index >= 15 is 0 Å². The first-order chi connectivity index (χ1) is 11.7. The van der Waals surface area contributed by atoms with Gasteiger partial charge in [0.2, 0.25) is 5.91 Å². The third kappa shape index (κ3) is 3.98. The summed E-state index contributed by atoms with van der Waals surface area (Å²) in [5, 5.41) is 0. The van der Waals surface area contributed by atoms with Crippen LogP contribution in [0.1, 0.15) is 44.5 Å². The van der Waals surface area contributed by atoms with Crippen LogP contribution in [0.5, 0.6) is 0 Å². The van der Waals surface area contributed by atoms with Crippen LogP contribution in [0.15, 0.2) is 12.4 Å². The second-order valence-electron chi connectivity index (χ2n) is 7.00. The van der Waals surface area contributed by atoms with Crippen LogP contribution in [-0.2, 0) is 16.6 Å². The highest BCUT2D eigenvalue weighted by atomic mass is 16.5. The van der Waals surface area contributed by atoms with Crippen LogP contribution in [0.4, 0.5) is 0 Å². The van der Waals surface area contributed by atoms with Crippen molar-refractivity contribution in [1.82, 2.24) is 19.4 Å². The van der Waals surface area contributed by atoms with Crippen molar-refractivity contribution in [2.24, 2.45) is 13.0 Å². The van der Waals surface area contributed by atoms with Gasteiger partial charge in [0, 0.05) is 58.7 Å². The Labute approximate surface area is 144 Å². The van der Waals surface area contributed by atoms with Gasteiger partial charge in [0.1, 0.15) is 5.82 Å². The maximum absolute atomic E-state index is 12.7. The molecule has 2 saturated heterocycles. The van der Waals surface area contributed by atoms with Crippen LogP contribution in [-0.4, -0.2) is 64.7 Å². The minimum Gasteiger partial charge on any atom is -0.381 e. The number of piperazine rings is 1. The highest BCUT2D eigenvalue weighted by Gasteiger charge is 2.32. The summed E-state index contributed by atoms with van der Waals surface area (Å²) >= 11 is 0. The lowest BCUT2D eigenvalue weighted by atomic mass is 9.96. The lowest BCUT2D eigenvalue weighted by Crippen LogP contribution is -2.51. The summed E-state index contributed by atoms with van der Waals surface area (Å²) in [6, 6.07) is 0.200. The summed E-state index contributed by atoms with van der Waals surface area (Å²) in [6.45, 7) is 7.37. The van der Waals surface area contributed by atoms with Crippen LogP contribution in [0.3, 0.4) is 0 Å². The van der Waals surface area contributed by atoms with Crippen molar-refractivity contribution in [3.8, 4) is 0 Å². The zero-order valence-electron chi connectivity index (χ0n) is 15.0. The lowest BCUT2D eigenvalue weighted by Gasteiger charge is -2.40. The van der Waals surface area contributed by atoms with Crippen LogP contribution < -0.4 is 0 Å². The molecule has 134 valence electrons. The molecule has 24 heavy (non-hydrogen) atoms. The number of carbonyl (C=O) groups excluding carboxylic acids is 1. The van der Waals surface area contributed by atoms with E-state index in [4.69, 9.17) is 4.74 Å². The first-order valence-corrected chi connectivity index (χ1v) is 9.25. The minimum atomic E-state index is 0.200. The van der Waals surface area contributed by atoms with Gasteiger partial charge >= 0.3 is 0 Å². The van der Waals surface area contributed by atoms with Crippen LogP contribution >= 0.6 is 0 Å². The van der Waals surface area contributed by atoms with Gasteiger partial charge in [0.05, 0.1) is 6.04 Å². The maximum Gasteiger partial charge on any atom is 0.222 e. The molecule has 2 aliphatic rings. The van der Waals surface area contributed by atoms with Crippen molar-refractivity contribution in [2.45, 2.75) is 38.6 Å². The third-order valence-electron chi connectivity index (χ3n) is 5.43. The molecule has 2 aliphatic heterocycles. The smallest absolute Gasteiger partial charge is 0.222 e. The van der Waals surface area contributed by atoms with Gasteiger partial charge in [-0.1, -0.05) is 6.92 Å². The van der Waals surface area contributed by atoms with Gasteiger partial charge in [-0.2, -0.15) is 0 Å². The summed E-state index contributed by atoms with van der Waals surface area (Å²) < 4.78 is 7.60.